The molecular weight excluding hydrogens is 186 g/mol. The molecule has 0 saturated heterocycles. The quantitative estimate of drug-likeness (QED) is 0.736. The van der Waals surface area contributed by atoms with Crippen molar-refractivity contribution in [3.8, 4) is 5.75 Å². The van der Waals surface area contributed by atoms with Gasteiger partial charge in [0.25, 0.3) is 0 Å². The summed E-state index contributed by atoms with van der Waals surface area (Å²) in [6.45, 7) is 5.68. The van der Waals surface area contributed by atoms with Gasteiger partial charge in [-0.25, -0.2) is 0 Å². The third-order valence-corrected chi connectivity index (χ3v) is 3.63. The number of nitrogens with zero attached hydrogens (tertiary/aromatic N) is 1. The van der Waals surface area contributed by atoms with Gasteiger partial charge in [-0.05, 0) is 30.2 Å². The predicted octanol–water partition coefficient (Wildman–Crippen LogP) is 2.81. The highest BCUT2D eigenvalue weighted by atomic mass is 16.5. The minimum absolute atomic E-state index is 0.276. The van der Waals surface area contributed by atoms with Crippen LogP contribution in [0.4, 0.5) is 5.69 Å². The average Bonchev–Trinajstić information content (AvgIpc) is 2.52. The number of ether oxygens (including phenoxy) is 1. The van der Waals surface area contributed by atoms with Crippen LogP contribution >= 0.6 is 0 Å². The van der Waals surface area contributed by atoms with E-state index in [4.69, 9.17) is 4.74 Å². The zero-order chi connectivity index (χ0) is 11.1. The molecular formula is C13H19NO. The van der Waals surface area contributed by atoms with Crippen LogP contribution in [-0.4, -0.2) is 20.7 Å². The standard InChI is InChI=1S/C13H19NO/c1-5-13(2)9-14(3)12-7-6-10(15-4)8-11(12)13/h6-8H,5,9H2,1-4H3. The monoisotopic (exact) mass is 205 g/mol. The topological polar surface area (TPSA) is 12.5 Å². The molecule has 1 aromatic carbocycles. The van der Waals surface area contributed by atoms with E-state index in [0.29, 0.717) is 0 Å². The number of hydrogen-bond acceptors (Lipinski definition) is 2. The van der Waals surface area contributed by atoms with E-state index >= 15 is 0 Å². The summed E-state index contributed by atoms with van der Waals surface area (Å²) < 4.78 is 5.29. The van der Waals surface area contributed by atoms with Crippen molar-refractivity contribution in [2.24, 2.45) is 0 Å². The second-order valence-corrected chi connectivity index (χ2v) is 4.65. The number of methoxy groups -OCH3 is 1. The van der Waals surface area contributed by atoms with Crippen LogP contribution in [0.25, 0.3) is 0 Å². The molecule has 0 saturated carbocycles. The van der Waals surface area contributed by atoms with Crippen molar-refractivity contribution in [1.29, 1.82) is 0 Å². The van der Waals surface area contributed by atoms with E-state index in [1.165, 1.54) is 11.3 Å². The molecule has 1 heterocycles. The molecule has 82 valence electrons. The maximum Gasteiger partial charge on any atom is 0.119 e. The van der Waals surface area contributed by atoms with Crippen LogP contribution in [0.5, 0.6) is 5.75 Å². The molecule has 0 radical (unpaired) electrons. The van der Waals surface area contributed by atoms with E-state index in [2.05, 4.69) is 37.9 Å². The first kappa shape index (κ1) is 10.3. The highest BCUT2D eigenvalue weighted by molar-refractivity contribution is 5.63. The van der Waals surface area contributed by atoms with Gasteiger partial charge < -0.3 is 9.64 Å². The summed E-state index contributed by atoms with van der Waals surface area (Å²) in [6, 6.07) is 6.38. The van der Waals surface area contributed by atoms with Crippen molar-refractivity contribution in [2.45, 2.75) is 25.7 Å². The van der Waals surface area contributed by atoms with Crippen molar-refractivity contribution in [2.75, 3.05) is 25.6 Å². The number of anilines is 1. The van der Waals surface area contributed by atoms with Crippen LogP contribution in [0, 0.1) is 0 Å². The van der Waals surface area contributed by atoms with Crippen molar-refractivity contribution in [3.63, 3.8) is 0 Å². The summed E-state index contributed by atoms with van der Waals surface area (Å²) in [5, 5.41) is 0. The normalized spacial score (nSPS) is 24.1. The van der Waals surface area contributed by atoms with Gasteiger partial charge in [0.2, 0.25) is 0 Å². The summed E-state index contributed by atoms with van der Waals surface area (Å²) >= 11 is 0. The van der Waals surface area contributed by atoms with Gasteiger partial charge in [0.05, 0.1) is 7.11 Å². The van der Waals surface area contributed by atoms with Crippen molar-refractivity contribution < 1.29 is 4.74 Å². The van der Waals surface area contributed by atoms with Crippen molar-refractivity contribution in [1.82, 2.24) is 0 Å². The smallest absolute Gasteiger partial charge is 0.119 e. The van der Waals surface area contributed by atoms with Gasteiger partial charge in [0.15, 0.2) is 0 Å². The lowest BCUT2D eigenvalue weighted by molar-refractivity contribution is 0.412. The summed E-state index contributed by atoms with van der Waals surface area (Å²) in [5.41, 5.74) is 3.05. The molecule has 15 heavy (non-hydrogen) atoms. The van der Waals surface area contributed by atoms with E-state index in [1.54, 1.807) is 7.11 Å². The van der Waals surface area contributed by atoms with Gasteiger partial charge in [-0.2, -0.15) is 0 Å². The van der Waals surface area contributed by atoms with Crippen LogP contribution in [0.1, 0.15) is 25.8 Å². The molecule has 2 heteroatoms. The minimum Gasteiger partial charge on any atom is -0.497 e. The Hall–Kier alpha value is -1.18. The lowest BCUT2D eigenvalue weighted by Gasteiger charge is -2.23. The van der Waals surface area contributed by atoms with Crippen LogP contribution < -0.4 is 9.64 Å². The van der Waals surface area contributed by atoms with Crippen LogP contribution in [-0.2, 0) is 5.41 Å². The molecule has 2 nitrogen and oxygen atoms in total. The highest BCUT2D eigenvalue weighted by Gasteiger charge is 2.35. The maximum absolute atomic E-state index is 5.29. The number of rotatable bonds is 2. The Labute approximate surface area is 91.9 Å². The molecule has 0 amide bonds. The summed E-state index contributed by atoms with van der Waals surface area (Å²) in [6.07, 6.45) is 1.16. The molecule has 1 aliphatic rings. The molecule has 0 fully saturated rings. The lowest BCUT2D eigenvalue weighted by Crippen LogP contribution is -2.27. The van der Waals surface area contributed by atoms with Crippen molar-refractivity contribution in [3.05, 3.63) is 23.8 Å². The molecule has 1 aromatic rings. The zero-order valence-corrected chi connectivity index (χ0v) is 10.0. The fraction of sp³-hybridized carbons (Fsp3) is 0.538. The molecule has 1 unspecified atom stereocenters. The molecule has 1 aliphatic heterocycles. The molecule has 2 rings (SSSR count). The number of likely N-dealkylation sites (N-methyl/N-ethyl adjacent to an activating group) is 1. The van der Waals surface area contributed by atoms with Gasteiger partial charge in [0, 0.05) is 24.7 Å². The second kappa shape index (κ2) is 3.44. The predicted molar refractivity (Wildman–Crippen MR) is 63.9 cm³/mol. The number of hydrogen-bond donors (Lipinski definition) is 0. The van der Waals surface area contributed by atoms with Crippen LogP contribution in [0.3, 0.4) is 0 Å². The molecule has 0 bridgehead atoms. The first-order valence-corrected chi connectivity index (χ1v) is 5.50. The van der Waals surface area contributed by atoms with Crippen LogP contribution in [0.15, 0.2) is 18.2 Å². The second-order valence-electron chi connectivity index (χ2n) is 4.65. The van der Waals surface area contributed by atoms with E-state index < -0.39 is 0 Å². The summed E-state index contributed by atoms with van der Waals surface area (Å²) in [7, 11) is 3.88. The van der Waals surface area contributed by atoms with E-state index in [9.17, 15) is 0 Å². The zero-order valence-electron chi connectivity index (χ0n) is 10.0. The molecule has 0 aliphatic carbocycles. The lowest BCUT2D eigenvalue weighted by atomic mass is 9.82. The SMILES string of the molecule is CCC1(C)CN(C)c2ccc(OC)cc21. The average molecular weight is 205 g/mol. The van der Waals surface area contributed by atoms with Gasteiger partial charge in [-0.15, -0.1) is 0 Å². The molecule has 0 N–H and O–H groups in total. The first-order valence-electron chi connectivity index (χ1n) is 5.50. The minimum atomic E-state index is 0.276. The third-order valence-electron chi connectivity index (χ3n) is 3.63. The Balaban J connectivity index is 2.52. The Morgan fingerprint density at radius 2 is 2.20 bits per heavy atom. The Morgan fingerprint density at radius 3 is 2.80 bits per heavy atom. The van der Waals surface area contributed by atoms with Gasteiger partial charge in [-0.3, -0.25) is 0 Å². The van der Waals surface area contributed by atoms with Gasteiger partial charge in [0.1, 0.15) is 5.75 Å². The summed E-state index contributed by atoms with van der Waals surface area (Å²) in [5.74, 6) is 0.962. The van der Waals surface area contributed by atoms with Crippen LogP contribution in [0.2, 0.25) is 0 Å². The van der Waals surface area contributed by atoms with Gasteiger partial charge >= 0.3 is 0 Å². The maximum atomic E-state index is 5.29. The van der Waals surface area contributed by atoms with Gasteiger partial charge in [-0.1, -0.05) is 13.8 Å². The van der Waals surface area contributed by atoms with Crippen molar-refractivity contribution >= 4 is 5.69 Å². The molecule has 0 aromatic heterocycles. The Kier molecular flexibility index (Phi) is 2.37. The Bertz CT molecular complexity index is 375. The largest absolute Gasteiger partial charge is 0.497 e. The molecule has 1 atom stereocenters. The fourth-order valence-corrected chi connectivity index (χ4v) is 2.45. The Morgan fingerprint density at radius 1 is 1.47 bits per heavy atom. The third kappa shape index (κ3) is 1.48. The number of fused-ring (bicyclic) bond motifs is 1. The van der Waals surface area contributed by atoms with E-state index in [-0.39, 0.29) is 5.41 Å². The summed E-state index contributed by atoms with van der Waals surface area (Å²) in [4.78, 5) is 2.33. The number of benzene rings is 1. The first-order chi connectivity index (χ1) is 7.10. The fourth-order valence-electron chi connectivity index (χ4n) is 2.45. The highest BCUT2D eigenvalue weighted by Crippen LogP contribution is 2.43. The van der Waals surface area contributed by atoms with E-state index in [1.807, 2.05) is 6.07 Å². The van der Waals surface area contributed by atoms with E-state index in [0.717, 1.165) is 18.7 Å². The molecule has 0 spiro atoms.